The summed E-state index contributed by atoms with van der Waals surface area (Å²) in [7, 11) is 1.71. The molecule has 1 heterocycles. The molecule has 0 spiro atoms. The minimum atomic E-state index is -0.320. The number of benzene rings is 3. The first-order valence-electron chi connectivity index (χ1n) is 12.1. The third-order valence-corrected chi connectivity index (χ3v) is 6.36. The van der Waals surface area contributed by atoms with Crippen LogP contribution in [0.3, 0.4) is 0 Å². The molecule has 3 aromatic rings. The molecular formula is C28H33FN4O2. The van der Waals surface area contributed by atoms with E-state index in [0.29, 0.717) is 12.1 Å². The van der Waals surface area contributed by atoms with Crippen molar-refractivity contribution in [1.82, 2.24) is 15.5 Å². The van der Waals surface area contributed by atoms with Crippen LogP contribution in [-0.2, 0) is 6.54 Å². The van der Waals surface area contributed by atoms with Gasteiger partial charge < -0.3 is 20.3 Å². The van der Waals surface area contributed by atoms with E-state index in [0.717, 1.165) is 61.7 Å². The lowest BCUT2D eigenvalue weighted by Crippen LogP contribution is -2.47. The van der Waals surface area contributed by atoms with Gasteiger partial charge in [-0.05, 0) is 42.3 Å². The summed E-state index contributed by atoms with van der Waals surface area (Å²) in [6.45, 7) is 5.46. The van der Waals surface area contributed by atoms with Crippen LogP contribution in [0.25, 0.3) is 11.1 Å². The molecule has 6 nitrogen and oxygen atoms in total. The number of hydrogen-bond donors (Lipinski definition) is 2. The van der Waals surface area contributed by atoms with Gasteiger partial charge in [0.15, 0.2) is 0 Å². The monoisotopic (exact) mass is 476 g/mol. The van der Waals surface area contributed by atoms with E-state index in [9.17, 15) is 9.18 Å². The number of methoxy groups -OCH3 is 1. The first-order chi connectivity index (χ1) is 17.2. The first kappa shape index (κ1) is 24.5. The molecule has 0 aromatic heterocycles. The van der Waals surface area contributed by atoms with E-state index in [1.165, 1.54) is 6.07 Å². The average Bonchev–Trinajstić information content (AvgIpc) is 2.91. The number of nitrogens with one attached hydrogen (secondary N) is 2. The topological polar surface area (TPSA) is 56.8 Å². The van der Waals surface area contributed by atoms with Crippen molar-refractivity contribution in [1.29, 1.82) is 0 Å². The molecule has 4 rings (SSSR count). The Morgan fingerprint density at radius 1 is 0.914 bits per heavy atom. The molecule has 1 saturated heterocycles. The van der Waals surface area contributed by atoms with Gasteiger partial charge in [0.1, 0.15) is 11.6 Å². The van der Waals surface area contributed by atoms with E-state index < -0.39 is 0 Å². The van der Waals surface area contributed by atoms with Crippen molar-refractivity contribution in [3.63, 3.8) is 0 Å². The van der Waals surface area contributed by atoms with Gasteiger partial charge in [-0.15, -0.1) is 0 Å². The van der Waals surface area contributed by atoms with Crippen molar-refractivity contribution in [2.45, 2.75) is 13.0 Å². The predicted molar refractivity (Wildman–Crippen MR) is 138 cm³/mol. The third kappa shape index (κ3) is 6.51. The second kappa shape index (κ2) is 12.2. The van der Waals surface area contributed by atoms with E-state index in [1.54, 1.807) is 13.2 Å². The Bertz CT molecular complexity index is 1100. The number of piperazine rings is 1. The minimum Gasteiger partial charge on any atom is -0.495 e. The van der Waals surface area contributed by atoms with E-state index in [4.69, 9.17) is 4.74 Å². The Hall–Kier alpha value is -3.58. The van der Waals surface area contributed by atoms with Crippen molar-refractivity contribution in [3.8, 4) is 16.9 Å². The Balaban J connectivity index is 1.18. The third-order valence-electron chi connectivity index (χ3n) is 6.36. The van der Waals surface area contributed by atoms with Crippen LogP contribution in [0, 0.1) is 5.82 Å². The summed E-state index contributed by atoms with van der Waals surface area (Å²) in [4.78, 5) is 17.1. The molecule has 3 aromatic carbocycles. The fraction of sp³-hybridized carbons (Fsp3) is 0.321. The number of nitrogens with zero attached hydrogens (tertiary/aromatic N) is 2. The summed E-state index contributed by atoms with van der Waals surface area (Å²) in [5.74, 6) is 0.585. The maximum atomic E-state index is 14.5. The van der Waals surface area contributed by atoms with Crippen molar-refractivity contribution >= 4 is 11.7 Å². The fourth-order valence-electron chi connectivity index (χ4n) is 4.47. The Kier molecular flexibility index (Phi) is 8.57. The van der Waals surface area contributed by atoms with E-state index >= 15 is 0 Å². The number of urea groups is 1. The van der Waals surface area contributed by atoms with Crippen LogP contribution in [-0.4, -0.2) is 57.3 Å². The summed E-state index contributed by atoms with van der Waals surface area (Å²) in [5, 5.41) is 5.70. The number of carbonyl (C=O) groups is 1. The van der Waals surface area contributed by atoms with Gasteiger partial charge in [-0.1, -0.05) is 54.6 Å². The zero-order chi connectivity index (χ0) is 24.5. The lowest BCUT2D eigenvalue weighted by atomic mass is 9.99. The molecule has 1 fully saturated rings. The molecule has 2 N–H and O–H groups in total. The molecular weight excluding hydrogens is 443 g/mol. The summed E-state index contributed by atoms with van der Waals surface area (Å²) >= 11 is 0. The molecule has 1 aliphatic rings. The largest absolute Gasteiger partial charge is 0.495 e. The second-order valence-corrected chi connectivity index (χ2v) is 8.60. The Labute approximate surface area is 206 Å². The molecule has 0 radical (unpaired) electrons. The molecule has 1 aliphatic heterocycles. The Morgan fingerprint density at radius 2 is 1.66 bits per heavy atom. The van der Waals surface area contributed by atoms with E-state index in [2.05, 4.69) is 26.5 Å². The van der Waals surface area contributed by atoms with Gasteiger partial charge >= 0.3 is 6.03 Å². The number of para-hydroxylation sites is 2. The number of ether oxygens (including phenoxy) is 1. The standard InChI is InChI=1S/C28H33FN4O2/c1-35-27-14-6-5-13-26(27)33-19-17-32(18-20-33)16-8-15-30-28(34)31-21-24-23(11-7-12-25(24)29)22-9-3-2-4-10-22/h2-7,9-14H,8,15-21H2,1H3,(H2,30,31,34). The highest BCUT2D eigenvalue weighted by molar-refractivity contribution is 5.74. The van der Waals surface area contributed by atoms with Gasteiger partial charge in [-0.3, -0.25) is 4.90 Å². The summed E-state index contributed by atoms with van der Waals surface area (Å²) < 4.78 is 20.0. The van der Waals surface area contributed by atoms with Gasteiger partial charge in [0.05, 0.1) is 12.8 Å². The lowest BCUT2D eigenvalue weighted by Gasteiger charge is -2.36. The Morgan fingerprint density at radius 3 is 2.43 bits per heavy atom. The van der Waals surface area contributed by atoms with Crippen LogP contribution in [0.1, 0.15) is 12.0 Å². The molecule has 2 amide bonds. The zero-order valence-electron chi connectivity index (χ0n) is 20.2. The summed E-state index contributed by atoms with van der Waals surface area (Å²) in [6, 6.07) is 22.5. The summed E-state index contributed by atoms with van der Waals surface area (Å²) in [6.07, 6.45) is 0.858. The van der Waals surface area contributed by atoms with Crippen molar-refractivity contribution in [2.24, 2.45) is 0 Å². The predicted octanol–water partition coefficient (Wildman–Crippen LogP) is 4.51. The van der Waals surface area contributed by atoms with Crippen LogP contribution in [0.4, 0.5) is 14.9 Å². The van der Waals surface area contributed by atoms with Crippen LogP contribution in [0.15, 0.2) is 72.8 Å². The van der Waals surface area contributed by atoms with Gasteiger partial charge in [-0.2, -0.15) is 0 Å². The normalized spacial score (nSPS) is 13.9. The van der Waals surface area contributed by atoms with Crippen LogP contribution < -0.4 is 20.3 Å². The lowest BCUT2D eigenvalue weighted by molar-refractivity contribution is 0.235. The van der Waals surface area contributed by atoms with Crippen molar-refractivity contribution < 1.29 is 13.9 Å². The zero-order valence-corrected chi connectivity index (χ0v) is 20.2. The molecule has 0 atom stereocenters. The number of anilines is 1. The van der Waals surface area contributed by atoms with Crippen LogP contribution >= 0.6 is 0 Å². The molecule has 0 saturated carbocycles. The second-order valence-electron chi connectivity index (χ2n) is 8.60. The highest BCUT2D eigenvalue weighted by Gasteiger charge is 2.19. The molecule has 0 unspecified atom stereocenters. The van der Waals surface area contributed by atoms with Gasteiger partial charge in [-0.25, -0.2) is 9.18 Å². The van der Waals surface area contributed by atoms with Gasteiger partial charge in [0, 0.05) is 44.8 Å². The number of carbonyl (C=O) groups excluding carboxylic acids is 1. The number of amides is 2. The molecule has 0 bridgehead atoms. The number of rotatable bonds is 9. The average molecular weight is 477 g/mol. The van der Waals surface area contributed by atoms with E-state index in [-0.39, 0.29) is 18.4 Å². The van der Waals surface area contributed by atoms with Crippen LogP contribution in [0.2, 0.25) is 0 Å². The van der Waals surface area contributed by atoms with Crippen LogP contribution in [0.5, 0.6) is 5.75 Å². The quantitative estimate of drug-likeness (QED) is 0.446. The fourth-order valence-corrected chi connectivity index (χ4v) is 4.47. The van der Waals surface area contributed by atoms with E-state index in [1.807, 2.05) is 54.6 Å². The molecule has 35 heavy (non-hydrogen) atoms. The minimum absolute atomic E-state index is 0.133. The summed E-state index contributed by atoms with van der Waals surface area (Å²) in [5.41, 5.74) is 3.34. The maximum Gasteiger partial charge on any atom is 0.315 e. The number of hydrogen-bond acceptors (Lipinski definition) is 4. The van der Waals surface area contributed by atoms with Gasteiger partial charge in [0.2, 0.25) is 0 Å². The highest BCUT2D eigenvalue weighted by atomic mass is 19.1. The first-order valence-corrected chi connectivity index (χ1v) is 12.1. The SMILES string of the molecule is COc1ccccc1N1CCN(CCCNC(=O)NCc2c(F)cccc2-c2ccccc2)CC1. The number of halogens is 1. The van der Waals surface area contributed by atoms with Gasteiger partial charge in [0.25, 0.3) is 0 Å². The molecule has 7 heteroatoms. The molecule has 184 valence electrons. The smallest absolute Gasteiger partial charge is 0.315 e. The van der Waals surface area contributed by atoms with Crippen molar-refractivity contribution in [3.05, 3.63) is 84.2 Å². The highest BCUT2D eigenvalue weighted by Crippen LogP contribution is 2.28. The van der Waals surface area contributed by atoms with Crippen molar-refractivity contribution in [2.75, 3.05) is 51.3 Å². The molecule has 0 aliphatic carbocycles. The maximum absolute atomic E-state index is 14.5.